The summed E-state index contributed by atoms with van der Waals surface area (Å²) in [5.74, 6) is 1.31. The van der Waals surface area contributed by atoms with E-state index in [0.717, 1.165) is 33.4 Å². The molecule has 4 aromatic rings. The largest absolute Gasteiger partial charge is 0.494 e. The molecule has 0 spiro atoms. The first-order chi connectivity index (χ1) is 13.6. The summed E-state index contributed by atoms with van der Waals surface area (Å²) in [6.07, 6.45) is 2.23. The van der Waals surface area contributed by atoms with Crippen molar-refractivity contribution in [3.05, 3.63) is 65.4 Å². The number of aryl methyl sites for hydroxylation is 1. The predicted octanol–water partition coefficient (Wildman–Crippen LogP) is 4.35. The van der Waals surface area contributed by atoms with Gasteiger partial charge in [0.2, 0.25) is 5.91 Å². The monoisotopic (exact) mass is 392 g/mol. The number of carbonyl (C=O) groups excluding carboxylic acids is 1. The maximum atomic E-state index is 12.4. The van der Waals surface area contributed by atoms with Gasteiger partial charge in [-0.05, 0) is 50.2 Å². The third-order valence-corrected chi connectivity index (χ3v) is 5.13. The number of rotatable bonds is 6. The highest BCUT2D eigenvalue weighted by molar-refractivity contribution is 7.15. The number of imidazole rings is 1. The van der Waals surface area contributed by atoms with Crippen LogP contribution in [0.25, 0.3) is 16.2 Å². The van der Waals surface area contributed by atoms with E-state index in [1.165, 1.54) is 11.3 Å². The fraction of sp³-hybridized carbons (Fsp3) is 0.190. The molecule has 3 heterocycles. The minimum atomic E-state index is -0.103. The third-order valence-electron chi connectivity index (χ3n) is 4.24. The lowest BCUT2D eigenvalue weighted by atomic mass is 10.1. The van der Waals surface area contributed by atoms with Gasteiger partial charge in [0, 0.05) is 28.5 Å². The summed E-state index contributed by atoms with van der Waals surface area (Å²) in [4.78, 5) is 22.3. The lowest BCUT2D eigenvalue weighted by Gasteiger charge is -2.04. The maximum Gasteiger partial charge on any atom is 0.231 e. The molecule has 0 aliphatic rings. The maximum absolute atomic E-state index is 12.4. The minimum absolute atomic E-state index is 0.103. The van der Waals surface area contributed by atoms with E-state index in [1.54, 1.807) is 6.07 Å². The number of thiazole rings is 1. The van der Waals surface area contributed by atoms with E-state index >= 15 is 0 Å². The molecule has 4 rings (SSSR count). The fourth-order valence-corrected chi connectivity index (χ4v) is 3.82. The Morgan fingerprint density at radius 1 is 1.18 bits per heavy atom. The summed E-state index contributed by atoms with van der Waals surface area (Å²) in [7, 11) is 0. The number of nitrogens with zero attached hydrogens (tertiary/aromatic N) is 3. The standard InChI is InChI=1S/C21H20N4O2S/c1-3-27-17-9-7-15(8-10-17)18-12-25-16(13-28-21(25)23-18)11-20(26)24-19-6-4-5-14(2)22-19/h4-10,12-13H,3,11H2,1-2H3,(H,22,24,26). The molecule has 6 nitrogen and oxygen atoms in total. The van der Waals surface area contributed by atoms with Crippen LogP contribution in [0.3, 0.4) is 0 Å². The molecule has 28 heavy (non-hydrogen) atoms. The molecule has 0 bridgehead atoms. The second-order valence-corrected chi connectivity index (χ2v) is 7.19. The molecule has 7 heteroatoms. The topological polar surface area (TPSA) is 68.5 Å². The molecule has 1 amide bonds. The van der Waals surface area contributed by atoms with Crippen LogP contribution in [-0.2, 0) is 11.2 Å². The van der Waals surface area contributed by atoms with Crippen LogP contribution in [0, 0.1) is 6.92 Å². The Morgan fingerprint density at radius 2 is 2.00 bits per heavy atom. The summed E-state index contributed by atoms with van der Waals surface area (Å²) in [5.41, 5.74) is 3.65. The Hall–Kier alpha value is -3.19. The van der Waals surface area contributed by atoms with E-state index < -0.39 is 0 Å². The number of fused-ring (bicyclic) bond motifs is 1. The van der Waals surface area contributed by atoms with Crippen LogP contribution in [0.2, 0.25) is 0 Å². The van der Waals surface area contributed by atoms with Crippen molar-refractivity contribution in [2.24, 2.45) is 0 Å². The van der Waals surface area contributed by atoms with Gasteiger partial charge in [0.1, 0.15) is 11.6 Å². The van der Waals surface area contributed by atoms with Crippen LogP contribution in [-0.4, -0.2) is 26.9 Å². The Bertz CT molecular complexity index is 1120. The average molecular weight is 392 g/mol. The van der Waals surface area contributed by atoms with Crippen molar-refractivity contribution < 1.29 is 9.53 Å². The van der Waals surface area contributed by atoms with Gasteiger partial charge in [-0.3, -0.25) is 9.20 Å². The Morgan fingerprint density at radius 3 is 2.75 bits per heavy atom. The van der Waals surface area contributed by atoms with Crippen LogP contribution in [0.4, 0.5) is 5.82 Å². The average Bonchev–Trinajstić information content (AvgIpc) is 3.25. The van der Waals surface area contributed by atoms with Crippen molar-refractivity contribution in [1.29, 1.82) is 0 Å². The zero-order chi connectivity index (χ0) is 19.5. The number of aromatic nitrogens is 3. The SMILES string of the molecule is CCOc1ccc(-c2cn3c(CC(=O)Nc4cccc(C)n4)csc3n2)cc1. The molecular formula is C21H20N4O2S. The number of carbonyl (C=O) groups is 1. The van der Waals surface area contributed by atoms with Crippen LogP contribution >= 0.6 is 11.3 Å². The number of ether oxygens (including phenoxy) is 1. The van der Waals surface area contributed by atoms with Gasteiger partial charge < -0.3 is 10.1 Å². The molecule has 0 saturated heterocycles. The molecule has 0 aliphatic carbocycles. The first kappa shape index (κ1) is 18.2. The van der Waals surface area contributed by atoms with Gasteiger partial charge in [-0.15, -0.1) is 11.3 Å². The van der Waals surface area contributed by atoms with E-state index in [2.05, 4.69) is 15.3 Å². The van der Waals surface area contributed by atoms with E-state index in [-0.39, 0.29) is 12.3 Å². The minimum Gasteiger partial charge on any atom is -0.494 e. The van der Waals surface area contributed by atoms with E-state index in [0.29, 0.717) is 12.4 Å². The fourth-order valence-electron chi connectivity index (χ4n) is 2.95. The van der Waals surface area contributed by atoms with Crippen molar-refractivity contribution in [3.63, 3.8) is 0 Å². The zero-order valence-electron chi connectivity index (χ0n) is 15.7. The van der Waals surface area contributed by atoms with Crippen LogP contribution in [0.5, 0.6) is 5.75 Å². The third kappa shape index (κ3) is 3.89. The van der Waals surface area contributed by atoms with Gasteiger partial charge in [-0.2, -0.15) is 0 Å². The Balaban J connectivity index is 1.52. The lowest BCUT2D eigenvalue weighted by molar-refractivity contribution is -0.115. The van der Waals surface area contributed by atoms with Crippen molar-refractivity contribution in [1.82, 2.24) is 14.4 Å². The van der Waals surface area contributed by atoms with E-state index in [1.807, 2.05) is 66.2 Å². The number of anilines is 1. The molecule has 1 aromatic carbocycles. The first-order valence-corrected chi connectivity index (χ1v) is 9.92. The smallest absolute Gasteiger partial charge is 0.231 e. The number of hydrogen-bond acceptors (Lipinski definition) is 5. The summed E-state index contributed by atoms with van der Waals surface area (Å²) in [5, 5.41) is 4.82. The van der Waals surface area contributed by atoms with Crippen LogP contribution in [0.1, 0.15) is 18.3 Å². The molecular weight excluding hydrogens is 372 g/mol. The number of hydrogen-bond donors (Lipinski definition) is 1. The molecule has 0 fully saturated rings. The summed E-state index contributed by atoms with van der Waals surface area (Å²) < 4.78 is 7.46. The predicted molar refractivity (Wildman–Crippen MR) is 111 cm³/mol. The molecule has 0 radical (unpaired) electrons. The quantitative estimate of drug-likeness (QED) is 0.530. The summed E-state index contributed by atoms with van der Waals surface area (Å²) >= 11 is 1.52. The van der Waals surface area contributed by atoms with Gasteiger partial charge in [-0.25, -0.2) is 9.97 Å². The second kappa shape index (κ2) is 7.82. The van der Waals surface area contributed by atoms with Gasteiger partial charge in [-0.1, -0.05) is 6.07 Å². The van der Waals surface area contributed by atoms with Gasteiger partial charge >= 0.3 is 0 Å². The Labute approximate surface area is 166 Å². The highest BCUT2D eigenvalue weighted by Crippen LogP contribution is 2.25. The molecule has 0 atom stereocenters. The first-order valence-electron chi connectivity index (χ1n) is 9.04. The van der Waals surface area contributed by atoms with Gasteiger partial charge in [0.05, 0.1) is 18.7 Å². The van der Waals surface area contributed by atoms with Crippen molar-refractivity contribution in [3.8, 4) is 17.0 Å². The highest BCUT2D eigenvalue weighted by Gasteiger charge is 2.13. The molecule has 142 valence electrons. The number of nitrogens with one attached hydrogen (secondary N) is 1. The molecule has 0 saturated carbocycles. The highest BCUT2D eigenvalue weighted by atomic mass is 32.1. The summed E-state index contributed by atoms with van der Waals surface area (Å²) in [6.45, 7) is 4.50. The van der Waals surface area contributed by atoms with Crippen molar-refractivity contribution >= 4 is 28.0 Å². The Kier molecular flexibility index (Phi) is 5.08. The lowest BCUT2D eigenvalue weighted by Crippen LogP contribution is -2.16. The number of amides is 1. The van der Waals surface area contributed by atoms with E-state index in [4.69, 9.17) is 4.74 Å². The summed E-state index contributed by atoms with van der Waals surface area (Å²) in [6, 6.07) is 13.4. The van der Waals surface area contributed by atoms with Crippen LogP contribution in [0.15, 0.2) is 54.0 Å². The van der Waals surface area contributed by atoms with Crippen molar-refractivity contribution in [2.45, 2.75) is 20.3 Å². The normalized spacial score (nSPS) is 10.9. The van der Waals surface area contributed by atoms with Gasteiger partial charge in [0.25, 0.3) is 0 Å². The zero-order valence-corrected chi connectivity index (χ0v) is 16.5. The molecule has 0 aliphatic heterocycles. The number of pyridine rings is 1. The van der Waals surface area contributed by atoms with Gasteiger partial charge in [0.15, 0.2) is 4.96 Å². The molecule has 0 unspecified atom stereocenters. The van der Waals surface area contributed by atoms with Crippen LogP contribution < -0.4 is 10.1 Å². The molecule has 1 N–H and O–H groups in total. The number of benzene rings is 1. The second-order valence-electron chi connectivity index (χ2n) is 6.35. The molecule has 3 aromatic heterocycles. The van der Waals surface area contributed by atoms with Crippen molar-refractivity contribution in [2.75, 3.05) is 11.9 Å². The van der Waals surface area contributed by atoms with E-state index in [9.17, 15) is 4.79 Å².